The van der Waals surface area contributed by atoms with Crippen LogP contribution >= 0.6 is 0 Å². The van der Waals surface area contributed by atoms with Gasteiger partial charge in [-0.1, -0.05) is 185 Å². The van der Waals surface area contributed by atoms with Crippen molar-refractivity contribution < 1.29 is 0 Å². The van der Waals surface area contributed by atoms with Gasteiger partial charge in [-0.2, -0.15) is 0 Å². The average Bonchev–Trinajstić information content (AvgIpc) is 4.42. The van der Waals surface area contributed by atoms with Gasteiger partial charge in [0.25, 0.3) is 0 Å². The van der Waals surface area contributed by atoms with Crippen molar-refractivity contribution in [2.75, 3.05) is 9.80 Å². The topological polar surface area (TPSA) is 16.3 Å². The lowest BCUT2D eigenvalue weighted by molar-refractivity contribution is 0.660. The molecular weight excluding hydrogens is 969 g/mol. The van der Waals surface area contributed by atoms with E-state index in [4.69, 9.17) is 0 Å². The van der Waals surface area contributed by atoms with E-state index in [1.165, 1.54) is 55.3 Å². The van der Waals surface area contributed by atoms with E-state index in [0.717, 1.165) is 79.0 Å². The zero-order chi connectivity index (χ0) is 53.7. The molecule has 0 fully saturated rings. The summed E-state index contributed by atoms with van der Waals surface area (Å²) in [5, 5.41) is 2.34. The first-order valence-electron chi connectivity index (χ1n) is 27.9. The summed E-state index contributed by atoms with van der Waals surface area (Å²) in [6.07, 6.45) is 0. The van der Waals surface area contributed by atoms with Crippen LogP contribution in [0.1, 0.15) is 49.9 Å². The van der Waals surface area contributed by atoms with Crippen LogP contribution < -0.4 is 9.80 Å². The Balaban J connectivity index is 0.827. The zero-order valence-corrected chi connectivity index (χ0v) is 45.3. The van der Waals surface area contributed by atoms with Gasteiger partial charge in [0.05, 0.1) is 22.4 Å². The second-order valence-corrected chi connectivity index (χ2v) is 22.6. The third kappa shape index (κ3) is 7.51. The Labute approximate surface area is 468 Å². The number of para-hydroxylation sites is 4. The summed E-state index contributed by atoms with van der Waals surface area (Å²) in [6, 6.07) is 103. The van der Waals surface area contributed by atoms with Crippen LogP contribution in [0.15, 0.2) is 279 Å². The lowest BCUT2D eigenvalue weighted by Crippen LogP contribution is -2.16. The van der Waals surface area contributed by atoms with Gasteiger partial charge in [0.15, 0.2) is 0 Å². The maximum atomic E-state index is 2.43. The number of hydrogen-bond acceptors (Lipinski definition) is 2. The second-order valence-electron chi connectivity index (χ2n) is 22.6. The van der Waals surface area contributed by atoms with Crippen LogP contribution in [0.4, 0.5) is 34.1 Å². The summed E-state index contributed by atoms with van der Waals surface area (Å²) in [7, 11) is 0. The van der Waals surface area contributed by atoms with Crippen molar-refractivity contribution in [1.29, 1.82) is 0 Å². The average molecular weight is 1030 g/mol. The summed E-state index contributed by atoms with van der Waals surface area (Å²) in [4.78, 5) is 4.78. The van der Waals surface area contributed by atoms with Gasteiger partial charge in [-0.3, -0.25) is 0 Å². The van der Waals surface area contributed by atoms with Crippen molar-refractivity contribution in [2.45, 2.75) is 38.5 Å². The predicted octanol–water partition coefficient (Wildman–Crippen LogP) is 20.5. The lowest BCUT2D eigenvalue weighted by Gasteiger charge is -2.28. The summed E-state index contributed by atoms with van der Waals surface area (Å²) >= 11 is 0. The number of benzene rings is 11. The number of nitrogens with zero attached hydrogens (tertiary/aromatic N) is 4. The molecule has 0 spiro atoms. The van der Waals surface area contributed by atoms with Crippen molar-refractivity contribution in [1.82, 2.24) is 9.13 Å². The molecule has 0 aliphatic heterocycles. The second kappa shape index (κ2) is 18.4. The highest BCUT2D eigenvalue weighted by atomic mass is 15.1. The van der Waals surface area contributed by atoms with Crippen LogP contribution in [-0.4, -0.2) is 9.13 Å². The maximum absolute atomic E-state index is 2.43. The van der Waals surface area contributed by atoms with Crippen molar-refractivity contribution >= 4 is 55.9 Å². The molecule has 382 valence electrons. The Kier molecular flexibility index (Phi) is 10.9. The van der Waals surface area contributed by atoms with E-state index in [1.807, 2.05) is 0 Å². The van der Waals surface area contributed by atoms with E-state index in [0.29, 0.717) is 0 Å². The monoisotopic (exact) mass is 1030 g/mol. The smallest absolute Gasteiger partial charge is 0.0542 e. The molecule has 15 rings (SSSR count). The minimum atomic E-state index is -0.109. The molecule has 0 radical (unpaired) electrons. The van der Waals surface area contributed by atoms with E-state index in [2.05, 4.69) is 326 Å². The van der Waals surface area contributed by atoms with Crippen LogP contribution in [-0.2, 0) is 10.8 Å². The van der Waals surface area contributed by atoms with Crippen LogP contribution in [0.2, 0.25) is 0 Å². The first-order chi connectivity index (χ1) is 39.2. The van der Waals surface area contributed by atoms with Gasteiger partial charge in [0.2, 0.25) is 0 Å². The van der Waals surface area contributed by atoms with Crippen molar-refractivity contribution in [3.05, 3.63) is 301 Å². The molecule has 80 heavy (non-hydrogen) atoms. The molecule has 0 saturated carbocycles. The molecular formula is C76H58N4. The van der Waals surface area contributed by atoms with Gasteiger partial charge in [0.1, 0.15) is 0 Å². The van der Waals surface area contributed by atoms with Crippen LogP contribution in [0, 0.1) is 0 Å². The van der Waals surface area contributed by atoms with Gasteiger partial charge >= 0.3 is 0 Å². The number of aromatic nitrogens is 2. The van der Waals surface area contributed by atoms with E-state index in [9.17, 15) is 0 Å². The highest BCUT2D eigenvalue weighted by Gasteiger charge is 2.37. The Morgan fingerprint density at radius 2 is 0.575 bits per heavy atom. The zero-order valence-electron chi connectivity index (χ0n) is 45.3. The molecule has 0 atom stereocenters. The first-order valence-corrected chi connectivity index (χ1v) is 27.9. The molecule has 0 N–H and O–H groups in total. The number of anilines is 6. The van der Waals surface area contributed by atoms with Gasteiger partial charge in [-0.05, 0) is 177 Å². The minimum absolute atomic E-state index is 0.109. The number of hydrogen-bond donors (Lipinski definition) is 0. The SMILES string of the molecule is CC1(C)c2ccccc2-c2ccc(N(c3ccccc3)c3ccc(-c4cc5cc6c(cc(-c7ccc(N(c8ccccc8)c8ccc9c(c8)C(C)(C)c8ccccc8-9)cc7)n6-c6ccccc6)cc5n4-c4ccccc4)cc3)cc21. The molecule has 4 heteroatoms. The first kappa shape index (κ1) is 47.3. The maximum Gasteiger partial charge on any atom is 0.0542 e. The standard InChI is InChI=1S/C76H58N4/c1-75(2)67-31-19-17-29-63(67)65-43-41-61(49-69(65)75)77(55-21-9-5-10-22-55)59-37-33-51(34-38-59)71-45-53-47-74-54(48-73(53)79(71)57-25-13-7-14-26-57)46-72(80(74)58-27-15-8-16-28-58)52-35-39-60(40-36-52)78(56-23-11-6-12-24-56)62-42-44-66-64-30-18-20-32-68(64)76(3,4)70(66)50-62/h5-50H,1-4H3. The lowest BCUT2D eigenvalue weighted by atomic mass is 9.82. The summed E-state index contributed by atoms with van der Waals surface area (Å²) in [5.41, 5.74) is 26.4. The molecule has 0 bridgehead atoms. The van der Waals surface area contributed by atoms with Crippen molar-refractivity contribution in [3.8, 4) is 56.1 Å². The molecule has 4 nitrogen and oxygen atoms in total. The van der Waals surface area contributed by atoms with Gasteiger partial charge in [-0.15, -0.1) is 0 Å². The highest BCUT2D eigenvalue weighted by Crippen LogP contribution is 2.53. The highest BCUT2D eigenvalue weighted by molar-refractivity contribution is 6.03. The third-order valence-electron chi connectivity index (χ3n) is 17.3. The molecule has 11 aromatic carbocycles. The molecule has 2 aromatic heterocycles. The third-order valence-corrected chi connectivity index (χ3v) is 17.3. The van der Waals surface area contributed by atoms with Crippen LogP contribution in [0.25, 0.3) is 77.9 Å². The fraction of sp³-hybridized carbons (Fsp3) is 0.0789. The Bertz CT molecular complexity index is 4200. The Morgan fingerprint density at radius 3 is 0.963 bits per heavy atom. The fourth-order valence-electron chi connectivity index (χ4n) is 13.3. The molecule has 0 unspecified atom stereocenters. The van der Waals surface area contributed by atoms with E-state index >= 15 is 0 Å². The molecule has 0 amide bonds. The van der Waals surface area contributed by atoms with Crippen LogP contribution in [0.5, 0.6) is 0 Å². The van der Waals surface area contributed by atoms with Crippen molar-refractivity contribution in [3.63, 3.8) is 0 Å². The minimum Gasteiger partial charge on any atom is -0.310 e. The quantitative estimate of drug-likeness (QED) is 0.136. The predicted molar refractivity (Wildman–Crippen MR) is 335 cm³/mol. The fourth-order valence-corrected chi connectivity index (χ4v) is 13.3. The summed E-state index contributed by atoms with van der Waals surface area (Å²) < 4.78 is 4.87. The summed E-state index contributed by atoms with van der Waals surface area (Å²) in [5.74, 6) is 0. The molecule has 2 aliphatic rings. The molecule has 0 saturated heterocycles. The van der Waals surface area contributed by atoms with E-state index in [1.54, 1.807) is 0 Å². The largest absolute Gasteiger partial charge is 0.310 e. The Hall–Kier alpha value is -9.90. The van der Waals surface area contributed by atoms with Crippen LogP contribution in [0.3, 0.4) is 0 Å². The van der Waals surface area contributed by atoms with E-state index < -0.39 is 0 Å². The summed E-state index contributed by atoms with van der Waals surface area (Å²) in [6.45, 7) is 9.41. The number of fused-ring (bicyclic) bond motifs is 8. The van der Waals surface area contributed by atoms with Gasteiger partial charge in [-0.25, -0.2) is 0 Å². The molecule has 13 aromatic rings. The molecule has 2 heterocycles. The Morgan fingerprint density at radius 1 is 0.263 bits per heavy atom. The normalized spacial score (nSPS) is 13.4. The van der Waals surface area contributed by atoms with Crippen molar-refractivity contribution in [2.24, 2.45) is 0 Å². The van der Waals surface area contributed by atoms with Gasteiger partial charge < -0.3 is 18.9 Å². The number of rotatable bonds is 10. The van der Waals surface area contributed by atoms with Gasteiger partial charge in [0, 0.05) is 67.1 Å². The molecule has 2 aliphatic carbocycles. The van der Waals surface area contributed by atoms with E-state index in [-0.39, 0.29) is 10.8 Å².